The molecule has 1 fully saturated rings. The molecule has 4 heterocycles. The minimum absolute atomic E-state index is 0.0626. The van der Waals surface area contributed by atoms with E-state index in [1.54, 1.807) is 15.4 Å². The fraction of sp³-hybridized carbons (Fsp3) is 0.214. The molecule has 5 aromatic rings. The average Bonchev–Trinajstić information content (AvgIpc) is 3.58. The molecule has 0 bridgehead atoms. The molecule has 186 valence electrons. The summed E-state index contributed by atoms with van der Waals surface area (Å²) < 4.78 is 4.64. The van der Waals surface area contributed by atoms with Crippen molar-refractivity contribution >= 4 is 22.5 Å². The molecule has 37 heavy (non-hydrogen) atoms. The van der Waals surface area contributed by atoms with E-state index in [9.17, 15) is 9.59 Å². The van der Waals surface area contributed by atoms with Crippen molar-refractivity contribution in [1.29, 1.82) is 0 Å². The van der Waals surface area contributed by atoms with E-state index in [-0.39, 0.29) is 17.3 Å². The Morgan fingerprint density at radius 3 is 2.49 bits per heavy atom. The van der Waals surface area contributed by atoms with Gasteiger partial charge in [-0.25, -0.2) is 9.48 Å². The number of aromatic nitrogens is 5. The highest BCUT2D eigenvalue weighted by atomic mass is 16.2. The summed E-state index contributed by atoms with van der Waals surface area (Å²) in [6.45, 7) is 1.91. The van der Waals surface area contributed by atoms with Gasteiger partial charge in [0.1, 0.15) is 11.2 Å². The Morgan fingerprint density at radius 1 is 1.00 bits per heavy atom. The molecule has 2 aromatic carbocycles. The third-order valence-corrected chi connectivity index (χ3v) is 6.86. The molecule has 9 heteroatoms. The van der Waals surface area contributed by atoms with Gasteiger partial charge in [0.2, 0.25) is 0 Å². The number of para-hydroxylation sites is 1. The standard InChI is InChI=1S/C28H27N7O2/c1-33-27(36)24-25(31-21-7-3-2-4-8-21)34(32-26(24)35(28(33)37)22-14-16-29-17-22)18-19-10-12-20(13-11-19)23-9-5-6-15-30-23/h2-13,15,22,29,31H,14,16-18H2,1H3. The first-order chi connectivity index (χ1) is 18.1. The molecule has 2 N–H and O–H groups in total. The van der Waals surface area contributed by atoms with Crippen molar-refractivity contribution in [1.82, 2.24) is 29.2 Å². The monoisotopic (exact) mass is 493 g/mol. The molecule has 1 unspecified atom stereocenters. The van der Waals surface area contributed by atoms with Crippen LogP contribution < -0.4 is 21.9 Å². The van der Waals surface area contributed by atoms with E-state index in [0.29, 0.717) is 29.9 Å². The minimum Gasteiger partial charge on any atom is -0.340 e. The zero-order valence-corrected chi connectivity index (χ0v) is 20.5. The second-order valence-corrected chi connectivity index (χ2v) is 9.27. The van der Waals surface area contributed by atoms with Crippen LogP contribution in [0.2, 0.25) is 0 Å². The number of benzene rings is 2. The summed E-state index contributed by atoms with van der Waals surface area (Å²) in [6, 6.07) is 23.6. The average molecular weight is 494 g/mol. The molecule has 1 saturated heterocycles. The lowest BCUT2D eigenvalue weighted by Crippen LogP contribution is -2.40. The molecule has 0 saturated carbocycles. The Balaban J connectivity index is 1.49. The van der Waals surface area contributed by atoms with Crippen molar-refractivity contribution in [2.75, 3.05) is 18.4 Å². The number of fused-ring (bicyclic) bond motifs is 1. The zero-order chi connectivity index (χ0) is 25.4. The summed E-state index contributed by atoms with van der Waals surface area (Å²) in [4.78, 5) is 31.1. The molecule has 1 aliphatic rings. The van der Waals surface area contributed by atoms with E-state index in [1.165, 1.54) is 11.6 Å². The number of anilines is 2. The molecule has 9 nitrogen and oxygen atoms in total. The molecule has 0 aliphatic carbocycles. The van der Waals surface area contributed by atoms with E-state index >= 15 is 0 Å². The maximum Gasteiger partial charge on any atom is 0.332 e. The van der Waals surface area contributed by atoms with Crippen LogP contribution in [0.3, 0.4) is 0 Å². The van der Waals surface area contributed by atoms with E-state index in [0.717, 1.165) is 35.5 Å². The summed E-state index contributed by atoms with van der Waals surface area (Å²) >= 11 is 0. The molecule has 3 aromatic heterocycles. The van der Waals surface area contributed by atoms with Gasteiger partial charge in [0.15, 0.2) is 5.65 Å². The summed E-state index contributed by atoms with van der Waals surface area (Å²) in [7, 11) is 1.53. The van der Waals surface area contributed by atoms with Crippen LogP contribution in [0.5, 0.6) is 0 Å². The van der Waals surface area contributed by atoms with Crippen LogP contribution in [-0.2, 0) is 13.6 Å². The summed E-state index contributed by atoms with van der Waals surface area (Å²) in [6.07, 6.45) is 2.58. The lowest BCUT2D eigenvalue weighted by Gasteiger charge is -2.14. The van der Waals surface area contributed by atoms with Crippen LogP contribution in [-0.4, -0.2) is 37.0 Å². The van der Waals surface area contributed by atoms with Crippen molar-refractivity contribution in [2.45, 2.75) is 19.0 Å². The van der Waals surface area contributed by atoms with Crippen LogP contribution in [0.25, 0.3) is 22.3 Å². The summed E-state index contributed by atoms with van der Waals surface area (Å²) in [5.41, 5.74) is 3.47. The first-order valence-electron chi connectivity index (χ1n) is 12.4. The van der Waals surface area contributed by atoms with Crippen molar-refractivity contribution in [3.8, 4) is 11.3 Å². The van der Waals surface area contributed by atoms with Crippen LogP contribution in [0.4, 0.5) is 11.5 Å². The lowest BCUT2D eigenvalue weighted by atomic mass is 10.1. The maximum absolute atomic E-state index is 13.4. The summed E-state index contributed by atoms with van der Waals surface area (Å²) in [5, 5.41) is 12.0. The first-order valence-corrected chi connectivity index (χ1v) is 12.4. The smallest absolute Gasteiger partial charge is 0.332 e. The van der Waals surface area contributed by atoms with Gasteiger partial charge in [-0.2, -0.15) is 5.10 Å². The van der Waals surface area contributed by atoms with Crippen LogP contribution in [0, 0.1) is 0 Å². The molecular weight excluding hydrogens is 466 g/mol. The fourth-order valence-corrected chi connectivity index (χ4v) is 4.90. The second kappa shape index (κ2) is 9.51. The van der Waals surface area contributed by atoms with Gasteiger partial charge in [0.05, 0.1) is 18.3 Å². The zero-order valence-electron chi connectivity index (χ0n) is 20.5. The third-order valence-electron chi connectivity index (χ3n) is 6.86. The molecule has 6 rings (SSSR count). The third kappa shape index (κ3) is 4.23. The topological polar surface area (TPSA) is 98.8 Å². The predicted octanol–water partition coefficient (Wildman–Crippen LogP) is 3.29. The van der Waals surface area contributed by atoms with Crippen molar-refractivity contribution in [3.63, 3.8) is 0 Å². The van der Waals surface area contributed by atoms with E-state index in [2.05, 4.69) is 15.6 Å². The highest BCUT2D eigenvalue weighted by Gasteiger charge is 2.27. The Bertz CT molecular complexity index is 1660. The van der Waals surface area contributed by atoms with Crippen molar-refractivity contribution in [3.05, 3.63) is 105 Å². The van der Waals surface area contributed by atoms with Crippen LogP contribution >= 0.6 is 0 Å². The van der Waals surface area contributed by atoms with Gasteiger partial charge >= 0.3 is 5.69 Å². The SMILES string of the molecule is Cn1c(=O)c2c(Nc3ccccc3)n(Cc3ccc(-c4ccccn4)cc3)nc2n(C2CCNC2)c1=O. The largest absolute Gasteiger partial charge is 0.340 e. The first kappa shape index (κ1) is 22.9. The van der Waals surface area contributed by atoms with Gasteiger partial charge in [-0.15, -0.1) is 0 Å². The molecule has 1 aliphatic heterocycles. The van der Waals surface area contributed by atoms with Gasteiger partial charge in [-0.05, 0) is 42.8 Å². The molecule has 0 spiro atoms. The van der Waals surface area contributed by atoms with Gasteiger partial charge in [-0.1, -0.05) is 48.5 Å². The number of hydrogen-bond donors (Lipinski definition) is 2. The highest BCUT2D eigenvalue weighted by Crippen LogP contribution is 2.27. The number of nitrogens with zero attached hydrogens (tertiary/aromatic N) is 5. The van der Waals surface area contributed by atoms with Crippen molar-refractivity contribution in [2.24, 2.45) is 7.05 Å². The second-order valence-electron chi connectivity index (χ2n) is 9.27. The van der Waals surface area contributed by atoms with Crippen LogP contribution in [0.1, 0.15) is 18.0 Å². The Labute approximate surface area is 213 Å². The fourth-order valence-electron chi connectivity index (χ4n) is 4.90. The minimum atomic E-state index is -0.364. The van der Waals surface area contributed by atoms with E-state index in [4.69, 9.17) is 5.10 Å². The number of rotatable bonds is 6. The van der Waals surface area contributed by atoms with Crippen LogP contribution in [0.15, 0.2) is 88.6 Å². The normalized spacial score (nSPS) is 15.3. The molecule has 1 atom stereocenters. The lowest BCUT2D eigenvalue weighted by molar-refractivity contribution is 0.509. The summed E-state index contributed by atoms with van der Waals surface area (Å²) in [5.74, 6) is 0.565. The van der Waals surface area contributed by atoms with Gasteiger partial charge in [0, 0.05) is 31.0 Å². The van der Waals surface area contributed by atoms with Gasteiger partial charge in [0.25, 0.3) is 5.56 Å². The Hall–Kier alpha value is -4.50. The number of nitrogens with one attached hydrogen (secondary N) is 2. The number of hydrogen-bond acceptors (Lipinski definition) is 6. The predicted molar refractivity (Wildman–Crippen MR) is 144 cm³/mol. The van der Waals surface area contributed by atoms with E-state index in [1.807, 2.05) is 72.8 Å². The van der Waals surface area contributed by atoms with Gasteiger partial charge < -0.3 is 10.6 Å². The molecule has 0 radical (unpaired) electrons. The Morgan fingerprint density at radius 2 is 1.78 bits per heavy atom. The van der Waals surface area contributed by atoms with Gasteiger partial charge in [-0.3, -0.25) is 18.9 Å². The molecular formula is C28H27N7O2. The number of pyridine rings is 1. The van der Waals surface area contributed by atoms with E-state index < -0.39 is 0 Å². The highest BCUT2D eigenvalue weighted by molar-refractivity contribution is 5.89. The molecule has 0 amide bonds. The Kier molecular flexibility index (Phi) is 5.90. The van der Waals surface area contributed by atoms with Crippen molar-refractivity contribution < 1.29 is 0 Å². The maximum atomic E-state index is 13.4. The quantitative estimate of drug-likeness (QED) is 0.377.